The molecule has 3 amide bonds. The minimum atomic E-state index is -0.389. The first kappa shape index (κ1) is 17.2. The predicted octanol–water partition coefficient (Wildman–Crippen LogP) is 0.985. The third kappa shape index (κ3) is 5.87. The maximum Gasteiger partial charge on any atom is 0.321 e. The molecule has 0 spiro atoms. The Morgan fingerprint density at radius 2 is 2.00 bits per heavy atom. The lowest BCUT2D eigenvalue weighted by Gasteiger charge is -2.23. The number of benzene rings is 1. The summed E-state index contributed by atoms with van der Waals surface area (Å²) < 4.78 is 0. The minimum Gasteiger partial charge on any atom is -0.338 e. The Morgan fingerprint density at radius 3 is 2.65 bits per heavy atom. The van der Waals surface area contributed by atoms with Crippen LogP contribution in [-0.2, 0) is 4.79 Å². The normalized spacial score (nSPS) is 17.3. The van der Waals surface area contributed by atoms with E-state index in [1.54, 1.807) is 0 Å². The van der Waals surface area contributed by atoms with Gasteiger partial charge in [0.15, 0.2) is 6.54 Å². The molecule has 0 fully saturated rings. The van der Waals surface area contributed by atoms with Crippen LogP contribution in [0.4, 0.5) is 4.79 Å². The van der Waals surface area contributed by atoms with Crippen LogP contribution in [0.2, 0.25) is 0 Å². The second-order valence-electron chi connectivity index (χ2n) is 5.88. The number of quaternary nitrogens is 1. The molecule has 5 heteroatoms. The number of rotatable bonds is 6. The Kier molecular flexibility index (Phi) is 6.81. The largest absolute Gasteiger partial charge is 0.338 e. The Bertz CT molecular complexity index is 555. The highest BCUT2D eigenvalue weighted by Crippen LogP contribution is 2.17. The van der Waals surface area contributed by atoms with Gasteiger partial charge in [-0.2, -0.15) is 0 Å². The molecule has 1 atom stereocenters. The van der Waals surface area contributed by atoms with Crippen LogP contribution in [-0.4, -0.2) is 38.1 Å². The van der Waals surface area contributed by atoms with Crippen LogP contribution < -0.4 is 15.5 Å². The quantitative estimate of drug-likeness (QED) is 0.685. The molecule has 1 aliphatic heterocycles. The lowest BCUT2D eigenvalue weighted by Crippen LogP contribution is -3.13. The molecule has 0 aliphatic carbocycles. The number of amides is 3. The van der Waals surface area contributed by atoms with Gasteiger partial charge in [0.05, 0.1) is 13.1 Å². The van der Waals surface area contributed by atoms with Crippen molar-refractivity contribution in [2.24, 2.45) is 0 Å². The molecule has 0 bridgehead atoms. The Hall–Kier alpha value is -2.14. The zero-order chi connectivity index (χ0) is 16.5. The molecule has 1 unspecified atom stereocenters. The molecule has 2 rings (SSSR count). The fourth-order valence-electron chi connectivity index (χ4n) is 2.68. The number of hydrogen-bond donors (Lipinski definition) is 3. The van der Waals surface area contributed by atoms with Crippen molar-refractivity contribution in [3.63, 3.8) is 0 Å². The summed E-state index contributed by atoms with van der Waals surface area (Å²) >= 11 is 0. The maximum atomic E-state index is 11.9. The number of urea groups is 1. The average Bonchev–Trinajstić information content (AvgIpc) is 2.56. The Morgan fingerprint density at radius 1 is 1.22 bits per heavy atom. The molecule has 124 valence electrons. The fraction of sp³-hybridized carbons (Fsp3) is 0.444. The van der Waals surface area contributed by atoms with E-state index in [0.717, 1.165) is 32.4 Å². The van der Waals surface area contributed by atoms with E-state index in [9.17, 15) is 9.59 Å². The first-order valence-electron chi connectivity index (χ1n) is 8.34. The first-order chi connectivity index (χ1) is 11.2. The van der Waals surface area contributed by atoms with Gasteiger partial charge >= 0.3 is 6.03 Å². The lowest BCUT2D eigenvalue weighted by molar-refractivity contribution is -0.886. The van der Waals surface area contributed by atoms with Crippen molar-refractivity contribution in [1.82, 2.24) is 10.6 Å². The van der Waals surface area contributed by atoms with E-state index in [4.69, 9.17) is 0 Å². The number of carbonyl (C=O) groups is 2. The van der Waals surface area contributed by atoms with E-state index >= 15 is 0 Å². The van der Waals surface area contributed by atoms with Crippen molar-refractivity contribution in [1.29, 1.82) is 0 Å². The molecular weight excluding hydrogens is 290 g/mol. The van der Waals surface area contributed by atoms with Gasteiger partial charge in [0.25, 0.3) is 5.91 Å². The molecule has 1 aromatic rings. The summed E-state index contributed by atoms with van der Waals surface area (Å²) in [5.41, 5.74) is 2.60. The Balaban J connectivity index is 1.74. The van der Waals surface area contributed by atoms with Gasteiger partial charge in [0, 0.05) is 13.0 Å². The van der Waals surface area contributed by atoms with Crippen LogP contribution in [0.5, 0.6) is 0 Å². The van der Waals surface area contributed by atoms with Crippen molar-refractivity contribution in [3.05, 3.63) is 42.0 Å². The van der Waals surface area contributed by atoms with Crippen LogP contribution >= 0.6 is 0 Å². The summed E-state index contributed by atoms with van der Waals surface area (Å²) in [7, 11) is 0. The molecule has 1 aliphatic rings. The van der Waals surface area contributed by atoms with Crippen molar-refractivity contribution >= 4 is 17.5 Å². The second kappa shape index (κ2) is 9.10. The summed E-state index contributed by atoms with van der Waals surface area (Å²) in [5, 5.41) is 5.09. The topological polar surface area (TPSA) is 62.6 Å². The van der Waals surface area contributed by atoms with Crippen molar-refractivity contribution < 1.29 is 14.5 Å². The molecule has 0 saturated heterocycles. The van der Waals surface area contributed by atoms with Crippen LogP contribution in [0.15, 0.2) is 36.4 Å². The molecular formula is C18H26N3O2+. The standard InChI is InChI=1S/C18H25N3O2/c1-2-3-11-19-18(23)20-17(22)14-21-12-9-16(10-13-21)15-7-5-4-6-8-15/h4-9H,2-3,10-14H2,1H3,(H2,19,20,22,23)/p+1. The van der Waals surface area contributed by atoms with Crippen LogP contribution in [0.25, 0.3) is 5.57 Å². The summed E-state index contributed by atoms with van der Waals surface area (Å²) in [4.78, 5) is 24.6. The highest BCUT2D eigenvalue weighted by Gasteiger charge is 2.19. The van der Waals surface area contributed by atoms with Crippen molar-refractivity contribution in [3.8, 4) is 0 Å². The smallest absolute Gasteiger partial charge is 0.321 e. The number of hydrogen-bond acceptors (Lipinski definition) is 2. The average molecular weight is 316 g/mol. The van der Waals surface area contributed by atoms with Gasteiger partial charge in [-0.1, -0.05) is 43.7 Å². The van der Waals surface area contributed by atoms with E-state index in [0.29, 0.717) is 13.1 Å². The molecule has 0 saturated carbocycles. The number of unbranched alkanes of at least 4 members (excludes halogenated alkanes) is 1. The van der Waals surface area contributed by atoms with Gasteiger partial charge in [0.2, 0.25) is 0 Å². The monoisotopic (exact) mass is 316 g/mol. The third-order valence-corrected chi connectivity index (χ3v) is 4.01. The number of carbonyl (C=O) groups excluding carboxylic acids is 2. The Labute approximate surface area is 137 Å². The zero-order valence-corrected chi connectivity index (χ0v) is 13.7. The van der Waals surface area contributed by atoms with E-state index in [1.807, 2.05) is 18.2 Å². The second-order valence-corrected chi connectivity index (χ2v) is 5.88. The van der Waals surface area contributed by atoms with Gasteiger partial charge in [0.1, 0.15) is 0 Å². The van der Waals surface area contributed by atoms with Gasteiger partial charge in [-0.3, -0.25) is 10.1 Å². The lowest BCUT2D eigenvalue weighted by atomic mass is 10.00. The van der Waals surface area contributed by atoms with Gasteiger partial charge < -0.3 is 10.2 Å². The molecule has 3 N–H and O–H groups in total. The van der Waals surface area contributed by atoms with Gasteiger partial charge in [-0.05, 0) is 23.6 Å². The van der Waals surface area contributed by atoms with Crippen LogP contribution in [0.1, 0.15) is 31.7 Å². The molecule has 23 heavy (non-hydrogen) atoms. The van der Waals surface area contributed by atoms with E-state index < -0.39 is 0 Å². The summed E-state index contributed by atoms with van der Waals surface area (Å²) in [6.07, 6.45) is 5.09. The SMILES string of the molecule is CCCCNC(=O)NC(=O)C[NH+]1CC=C(c2ccccc2)CC1. The number of nitrogens with one attached hydrogen (secondary N) is 3. The molecule has 1 aromatic carbocycles. The summed E-state index contributed by atoms with van der Waals surface area (Å²) in [6, 6.07) is 9.94. The highest BCUT2D eigenvalue weighted by molar-refractivity contribution is 5.94. The van der Waals surface area contributed by atoms with E-state index in [2.05, 4.69) is 35.8 Å². The van der Waals surface area contributed by atoms with Crippen molar-refractivity contribution in [2.45, 2.75) is 26.2 Å². The van der Waals surface area contributed by atoms with Gasteiger partial charge in [-0.15, -0.1) is 0 Å². The van der Waals surface area contributed by atoms with Crippen molar-refractivity contribution in [2.75, 3.05) is 26.2 Å². The molecule has 5 nitrogen and oxygen atoms in total. The van der Waals surface area contributed by atoms with Gasteiger partial charge in [-0.25, -0.2) is 4.79 Å². The highest BCUT2D eigenvalue weighted by atomic mass is 16.2. The summed E-state index contributed by atoms with van der Waals surface area (Å²) in [5.74, 6) is -0.217. The third-order valence-electron chi connectivity index (χ3n) is 4.01. The maximum absolute atomic E-state index is 11.9. The summed E-state index contributed by atoms with van der Waals surface area (Å²) in [6.45, 7) is 4.72. The van der Waals surface area contributed by atoms with Crippen LogP contribution in [0, 0.1) is 0 Å². The fourth-order valence-corrected chi connectivity index (χ4v) is 2.68. The first-order valence-corrected chi connectivity index (χ1v) is 8.34. The number of imide groups is 1. The van der Waals surface area contributed by atoms with E-state index in [-0.39, 0.29) is 11.9 Å². The predicted molar refractivity (Wildman–Crippen MR) is 91.0 cm³/mol. The molecule has 1 heterocycles. The van der Waals surface area contributed by atoms with Crippen LogP contribution in [0.3, 0.4) is 0 Å². The van der Waals surface area contributed by atoms with E-state index in [1.165, 1.54) is 16.0 Å². The zero-order valence-electron chi connectivity index (χ0n) is 13.7. The molecule has 0 aromatic heterocycles. The minimum absolute atomic E-state index is 0.217. The molecule has 0 radical (unpaired) electrons.